The first kappa shape index (κ1) is 18.5. The van der Waals surface area contributed by atoms with Gasteiger partial charge < -0.3 is 20.5 Å². The molecule has 0 fully saturated rings. The lowest BCUT2D eigenvalue weighted by Crippen LogP contribution is -2.25. The standard InChI is InChI=1S/C16H22N2O5/c1-2-17-14(19)7-4-8-15(20)18-10-12-5-3-6-13(9-12)23-11-16(21)22/h3,5-6,9H,2,4,7-8,10-11H2,1H3,(H,17,19)(H,18,20)(H,21,22). The Morgan fingerprint density at radius 3 is 2.48 bits per heavy atom. The summed E-state index contributed by atoms with van der Waals surface area (Å²) in [7, 11) is 0. The summed E-state index contributed by atoms with van der Waals surface area (Å²) in [6.07, 6.45) is 1.12. The number of carboxylic acid groups (broad SMARTS) is 1. The normalized spacial score (nSPS) is 9.96. The van der Waals surface area contributed by atoms with Gasteiger partial charge in [-0.2, -0.15) is 0 Å². The Balaban J connectivity index is 2.31. The molecule has 0 heterocycles. The Bertz CT molecular complexity index is 545. The predicted octanol–water partition coefficient (Wildman–Crippen LogP) is 1.07. The van der Waals surface area contributed by atoms with Crippen LogP contribution in [0.1, 0.15) is 31.7 Å². The molecule has 0 saturated heterocycles. The topological polar surface area (TPSA) is 105 Å². The Morgan fingerprint density at radius 2 is 1.83 bits per heavy atom. The number of rotatable bonds is 10. The number of nitrogens with one attached hydrogen (secondary N) is 2. The van der Waals surface area contributed by atoms with E-state index in [-0.39, 0.29) is 18.2 Å². The van der Waals surface area contributed by atoms with Crippen molar-refractivity contribution in [2.45, 2.75) is 32.7 Å². The maximum absolute atomic E-state index is 11.7. The van der Waals surface area contributed by atoms with Gasteiger partial charge in [-0.15, -0.1) is 0 Å². The van der Waals surface area contributed by atoms with Gasteiger partial charge in [0.1, 0.15) is 5.75 Å². The molecule has 0 aliphatic heterocycles. The molecule has 0 aromatic heterocycles. The van der Waals surface area contributed by atoms with Crippen molar-refractivity contribution in [1.29, 1.82) is 0 Å². The van der Waals surface area contributed by atoms with Crippen molar-refractivity contribution in [2.24, 2.45) is 0 Å². The van der Waals surface area contributed by atoms with Gasteiger partial charge >= 0.3 is 5.97 Å². The second kappa shape index (κ2) is 10.2. The van der Waals surface area contributed by atoms with Gasteiger partial charge in [0.25, 0.3) is 0 Å². The first-order valence-electron chi connectivity index (χ1n) is 7.48. The second-order valence-electron chi connectivity index (χ2n) is 4.91. The number of amides is 2. The van der Waals surface area contributed by atoms with Crippen LogP contribution in [0.15, 0.2) is 24.3 Å². The smallest absolute Gasteiger partial charge is 0.341 e. The molecule has 0 spiro atoms. The summed E-state index contributed by atoms with van der Waals surface area (Å²) in [5.41, 5.74) is 0.810. The third kappa shape index (κ3) is 8.45. The molecule has 7 heteroatoms. The van der Waals surface area contributed by atoms with E-state index >= 15 is 0 Å². The Hall–Kier alpha value is -2.57. The van der Waals surface area contributed by atoms with Gasteiger partial charge in [-0.25, -0.2) is 4.79 Å². The van der Waals surface area contributed by atoms with Gasteiger partial charge in [0, 0.05) is 25.9 Å². The minimum atomic E-state index is -1.05. The highest BCUT2D eigenvalue weighted by atomic mass is 16.5. The largest absolute Gasteiger partial charge is 0.482 e. The summed E-state index contributed by atoms with van der Waals surface area (Å²) in [6.45, 7) is 2.35. The molecule has 0 atom stereocenters. The number of benzene rings is 1. The second-order valence-corrected chi connectivity index (χ2v) is 4.91. The van der Waals surface area contributed by atoms with E-state index in [9.17, 15) is 14.4 Å². The van der Waals surface area contributed by atoms with E-state index in [2.05, 4.69) is 10.6 Å². The van der Waals surface area contributed by atoms with E-state index in [1.165, 1.54) is 0 Å². The fraction of sp³-hybridized carbons (Fsp3) is 0.438. The van der Waals surface area contributed by atoms with Crippen molar-refractivity contribution >= 4 is 17.8 Å². The average molecular weight is 322 g/mol. The van der Waals surface area contributed by atoms with Gasteiger partial charge in [0.2, 0.25) is 11.8 Å². The molecule has 0 aliphatic carbocycles. The minimum Gasteiger partial charge on any atom is -0.482 e. The van der Waals surface area contributed by atoms with E-state index in [0.717, 1.165) is 5.56 Å². The summed E-state index contributed by atoms with van der Waals surface area (Å²) in [4.78, 5) is 33.4. The Morgan fingerprint density at radius 1 is 1.13 bits per heavy atom. The molecule has 2 amide bonds. The van der Waals surface area contributed by atoms with Crippen LogP contribution in [0.25, 0.3) is 0 Å². The van der Waals surface area contributed by atoms with Crippen LogP contribution in [-0.2, 0) is 20.9 Å². The van der Waals surface area contributed by atoms with E-state index in [1.54, 1.807) is 18.2 Å². The molecule has 0 bridgehead atoms. The van der Waals surface area contributed by atoms with Crippen LogP contribution in [0.5, 0.6) is 5.75 Å². The van der Waals surface area contributed by atoms with Gasteiger partial charge in [0.05, 0.1) is 0 Å². The Kier molecular flexibility index (Phi) is 8.20. The molecule has 23 heavy (non-hydrogen) atoms. The van der Waals surface area contributed by atoms with Crippen molar-refractivity contribution in [3.05, 3.63) is 29.8 Å². The lowest BCUT2D eigenvalue weighted by atomic mass is 10.2. The number of hydrogen-bond donors (Lipinski definition) is 3. The molecule has 1 aromatic carbocycles. The Labute approximate surface area is 135 Å². The zero-order valence-corrected chi connectivity index (χ0v) is 13.1. The highest BCUT2D eigenvalue weighted by Gasteiger charge is 2.05. The third-order valence-corrected chi connectivity index (χ3v) is 2.93. The highest BCUT2D eigenvalue weighted by molar-refractivity contribution is 5.78. The number of carbonyl (C=O) groups excluding carboxylic acids is 2. The molecule has 1 rings (SSSR count). The first-order chi connectivity index (χ1) is 11.0. The van der Waals surface area contributed by atoms with Crippen LogP contribution in [0.3, 0.4) is 0 Å². The molecule has 0 aliphatic rings. The van der Waals surface area contributed by atoms with Crippen LogP contribution >= 0.6 is 0 Å². The summed E-state index contributed by atoms with van der Waals surface area (Å²) in [6, 6.07) is 6.87. The molecule has 0 radical (unpaired) electrons. The minimum absolute atomic E-state index is 0.0522. The average Bonchev–Trinajstić information content (AvgIpc) is 2.51. The zero-order chi connectivity index (χ0) is 17.1. The highest BCUT2D eigenvalue weighted by Crippen LogP contribution is 2.13. The predicted molar refractivity (Wildman–Crippen MR) is 84.0 cm³/mol. The molecule has 0 unspecified atom stereocenters. The lowest BCUT2D eigenvalue weighted by Gasteiger charge is -2.08. The summed E-state index contributed by atoms with van der Waals surface area (Å²) in [5, 5.41) is 14.0. The number of aliphatic carboxylic acids is 1. The van der Waals surface area contributed by atoms with E-state index in [4.69, 9.17) is 9.84 Å². The van der Waals surface area contributed by atoms with Crippen molar-refractivity contribution in [1.82, 2.24) is 10.6 Å². The van der Waals surface area contributed by atoms with Crippen LogP contribution in [-0.4, -0.2) is 36.0 Å². The van der Waals surface area contributed by atoms with Crippen LogP contribution < -0.4 is 15.4 Å². The molecule has 3 N–H and O–H groups in total. The molecule has 0 saturated carbocycles. The molecule has 126 valence electrons. The van der Waals surface area contributed by atoms with Crippen LogP contribution in [0.4, 0.5) is 0 Å². The maximum atomic E-state index is 11.7. The molecular formula is C16H22N2O5. The van der Waals surface area contributed by atoms with Crippen molar-refractivity contribution in [3.63, 3.8) is 0 Å². The van der Waals surface area contributed by atoms with Crippen molar-refractivity contribution in [3.8, 4) is 5.75 Å². The lowest BCUT2D eigenvalue weighted by molar-refractivity contribution is -0.139. The fourth-order valence-electron chi connectivity index (χ4n) is 1.87. The fourth-order valence-corrected chi connectivity index (χ4v) is 1.87. The number of ether oxygens (including phenoxy) is 1. The molecule has 1 aromatic rings. The first-order valence-corrected chi connectivity index (χ1v) is 7.48. The maximum Gasteiger partial charge on any atom is 0.341 e. The summed E-state index contributed by atoms with van der Waals surface area (Å²) >= 11 is 0. The summed E-state index contributed by atoms with van der Waals surface area (Å²) < 4.78 is 5.07. The molecule has 7 nitrogen and oxygen atoms in total. The van der Waals surface area contributed by atoms with Gasteiger partial charge in [-0.1, -0.05) is 12.1 Å². The SMILES string of the molecule is CCNC(=O)CCCC(=O)NCc1cccc(OCC(=O)O)c1. The van der Waals surface area contributed by atoms with Gasteiger partial charge in [-0.05, 0) is 31.0 Å². The van der Waals surface area contributed by atoms with Gasteiger partial charge in [-0.3, -0.25) is 9.59 Å². The number of carbonyl (C=O) groups is 3. The van der Waals surface area contributed by atoms with Crippen LogP contribution in [0, 0.1) is 0 Å². The quantitative estimate of drug-likeness (QED) is 0.598. The van der Waals surface area contributed by atoms with E-state index in [0.29, 0.717) is 31.7 Å². The number of carboxylic acids is 1. The number of hydrogen-bond acceptors (Lipinski definition) is 4. The monoisotopic (exact) mass is 322 g/mol. The van der Waals surface area contributed by atoms with Crippen LogP contribution in [0.2, 0.25) is 0 Å². The van der Waals surface area contributed by atoms with Crippen molar-refractivity contribution < 1.29 is 24.2 Å². The molecular weight excluding hydrogens is 300 g/mol. The van der Waals surface area contributed by atoms with E-state index in [1.807, 2.05) is 13.0 Å². The van der Waals surface area contributed by atoms with Crippen molar-refractivity contribution in [2.75, 3.05) is 13.2 Å². The van der Waals surface area contributed by atoms with Gasteiger partial charge in [0.15, 0.2) is 6.61 Å². The zero-order valence-electron chi connectivity index (χ0n) is 13.1. The van der Waals surface area contributed by atoms with E-state index < -0.39 is 12.6 Å². The summed E-state index contributed by atoms with van der Waals surface area (Å²) in [5.74, 6) is -0.791. The third-order valence-electron chi connectivity index (χ3n) is 2.93.